The van der Waals surface area contributed by atoms with Crippen LogP contribution in [0.2, 0.25) is 0 Å². The first-order valence-corrected chi connectivity index (χ1v) is 12.0. The Labute approximate surface area is 184 Å². The molecule has 3 rings (SSSR count). The Morgan fingerprint density at radius 1 is 1.06 bits per heavy atom. The van der Waals surface area contributed by atoms with E-state index in [-0.39, 0.29) is 16.7 Å². The summed E-state index contributed by atoms with van der Waals surface area (Å²) in [5.41, 5.74) is 3.58. The summed E-state index contributed by atoms with van der Waals surface area (Å²) >= 11 is 0. The van der Waals surface area contributed by atoms with Gasteiger partial charge in [0, 0.05) is 44.4 Å². The number of rotatable bonds is 8. The van der Waals surface area contributed by atoms with E-state index in [0.717, 1.165) is 28.9 Å². The van der Waals surface area contributed by atoms with Gasteiger partial charge in [0.05, 0.1) is 4.90 Å². The van der Waals surface area contributed by atoms with E-state index >= 15 is 0 Å². The Hall–Kier alpha value is -2.71. The molecule has 0 saturated heterocycles. The third-order valence-corrected chi connectivity index (χ3v) is 7.61. The number of hydrogen-bond acceptors (Lipinski definition) is 4. The summed E-state index contributed by atoms with van der Waals surface area (Å²) in [4.78, 5) is 26.0. The lowest BCUT2D eigenvalue weighted by molar-refractivity contribution is -0.117. The number of sulfonamides is 1. The van der Waals surface area contributed by atoms with Gasteiger partial charge in [-0.3, -0.25) is 9.59 Å². The fraction of sp³-hybridized carbons (Fsp3) is 0.391. The number of fused-ring (bicyclic) bond motifs is 1. The number of carbonyl (C=O) groups is 2. The smallest absolute Gasteiger partial charge is 0.243 e. The number of benzene rings is 2. The zero-order valence-corrected chi connectivity index (χ0v) is 19.0. The molecule has 1 aliphatic heterocycles. The normalized spacial score (nSPS) is 13.4. The van der Waals surface area contributed by atoms with E-state index in [9.17, 15) is 18.0 Å². The van der Waals surface area contributed by atoms with Crippen LogP contribution in [-0.4, -0.2) is 44.2 Å². The lowest BCUT2D eigenvalue weighted by Gasteiger charge is -2.18. The van der Waals surface area contributed by atoms with E-state index in [1.807, 2.05) is 32.0 Å². The molecule has 1 N–H and O–H groups in total. The fourth-order valence-corrected chi connectivity index (χ4v) is 5.29. The summed E-state index contributed by atoms with van der Waals surface area (Å²) in [7, 11) is -3.47. The SMILES string of the molecule is CCN(CC)S(=O)(=O)c1ccc(CCC(=O)Nc2ccc3c(c2)CCN3C(C)=O)cc1. The third-order valence-electron chi connectivity index (χ3n) is 5.55. The molecule has 166 valence electrons. The molecule has 0 atom stereocenters. The molecule has 2 aromatic carbocycles. The highest BCUT2D eigenvalue weighted by atomic mass is 32.2. The van der Waals surface area contributed by atoms with Gasteiger partial charge < -0.3 is 10.2 Å². The van der Waals surface area contributed by atoms with Crippen LogP contribution in [-0.2, 0) is 32.5 Å². The number of nitrogens with one attached hydrogen (secondary N) is 1. The summed E-state index contributed by atoms with van der Waals surface area (Å²) in [6.45, 7) is 6.70. The molecule has 7 nitrogen and oxygen atoms in total. The molecule has 1 heterocycles. The largest absolute Gasteiger partial charge is 0.326 e. The van der Waals surface area contributed by atoms with E-state index in [2.05, 4.69) is 5.32 Å². The zero-order chi connectivity index (χ0) is 22.6. The molecule has 31 heavy (non-hydrogen) atoms. The quantitative estimate of drug-likeness (QED) is 0.679. The summed E-state index contributed by atoms with van der Waals surface area (Å²) in [6.07, 6.45) is 1.58. The minimum atomic E-state index is -3.47. The van der Waals surface area contributed by atoms with Gasteiger partial charge in [-0.1, -0.05) is 26.0 Å². The third kappa shape index (κ3) is 5.14. The zero-order valence-electron chi connectivity index (χ0n) is 18.2. The summed E-state index contributed by atoms with van der Waals surface area (Å²) in [6, 6.07) is 12.3. The van der Waals surface area contributed by atoms with Gasteiger partial charge in [-0.2, -0.15) is 4.31 Å². The molecule has 0 saturated carbocycles. The van der Waals surface area contributed by atoms with Crippen LogP contribution < -0.4 is 10.2 Å². The van der Waals surface area contributed by atoms with Crippen LogP contribution in [0.25, 0.3) is 0 Å². The van der Waals surface area contributed by atoms with Crippen LogP contribution in [0, 0.1) is 0 Å². The number of nitrogens with zero attached hydrogens (tertiary/aromatic N) is 2. The monoisotopic (exact) mass is 443 g/mol. The average Bonchev–Trinajstić information content (AvgIpc) is 3.17. The maximum absolute atomic E-state index is 12.6. The van der Waals surface area contributed by atoms with Crippen molar-refractivity contribution in [3.8, 4) is 0 Å². The highest BCUT2D eigenvalue weighted by Crippen LogP contribution is 2.30. The van der Waals surface area contributed by atoms with Crippen LogP contribution >= 0.6 is 0 Å². The number of hydrogen-bond donors (Lipinski definition) is 1. The number of carbonyl (C=O) groups excluding carboxylic acids is 2. The van der Waals surface area contributed by atoms with Crippen LogP contribution in [0.1, 0.15) is 38.3 Å². The van der Waals surface area contributed by atoms with Crippen molar-refractivity contribution in [2.24, 2.45) is 0 Å². The van der Waals surface area contributed by atoms with E-state index in [4.69, 9.17) is 0 Å². The second-order valence-corrected chi connectivity index (χ2v) is 9.48. The molecule has 0 aliphatic carbocycles. The Morgan fingerprint density at radius 2 is 1.74 bits per heavy atom. The lowest BCUT2D eigenvalue weighted by atomic mass is 10.1. The lowest BCUT2D eigenvalue weighted by Crippen LogP contribution is -2.30. The standard InChI is InChI=1S/C23H29N3O4S/c1-4-25(5-2)31(29,30)21-10-6-18(7-11-21)8-13-23(28)24-20-9-12-22-19(16-20)14-15-26(22)17(3)27/h6-7,9-12,16H,4-5,8,13-15H2,1-3H3,(H,24,28). The van der Waals surface area contributed by atoms with Gasteiger partial charge >= 0.3 is 0 Å². The molecular formula is C23H29N3O4S. The number of amides is 2. The molecule has 0 fully saturated rings. The van der Waals surface area contributed by atoms with Gasteiger partial charge in [0.25, 0.3) is 0 Å². The van der Waals surface area contributed by atoms with Crippen molar-refractivity contribution < 1.29 is 18.0 Å². The maximum atomic E-state index is 12.6. The first-order chi connectivity index (χ1) is 14.8. The Kier molecular flexibility index (Phi) is 7.12. The average molecular weight is 444 g/mol. The van der Waals surface area contributed by atoms with Crippen molar-refractivity contribution in [3.05, 3.63) is 53.6 Å². The molecule has 0 aromatic heterocycles. The predicted octanol–water partition coefficient (Wildman–Crippen LogP) is 3.20. The number of anilines is 2. The molecule has 1 aliphatic rings. The van der Waals surface area contributed by atoms with Gasteiger partial charge in [0.1, 0.15) is 0 Å². The minimum Gasteiger partial charge on any atom is -0.326 e. The first kappa shape index (κ1) is 23.0. The van der Waals surface area contributed by atoms with Crippen molar-refractivity contribution >= 4 is 33.2 Å². The molecule has 2 aromatic rings. The molecule has 8 heteroatoms. The molecule has 0 spiro atoms. The Morgan fingerprint density at radius 3 is 2.35 bits per heavy atom. The molecular weight excluding hydrogens is 414 g/mol. The molecule has 2 amide bonds. The van der Waals surface area contributed by atoms with Gasteiger partial charge in [-0.25, -0.2) is 8.42 Å². The summed E-state index contributed by atoms with van der Waals surface area (Å²) < 4.78 is 26.5. The highest BCUT2D eigenvalue weighted by Gasteiger charge is 2.23. The van der Waals surface area contributed by atoms with Crippen molar-refractivity contribution in [2.75, 3.05) is 29.9 Å². The maximum Gasteiger partial charge on any atom is 0.243 e. The predicted molar refractivity (Wildman–Crippen MR) is 122 cm³/mol. The van der Waals surface area contributed by atoms with E-state index in [1.165, 1.54) is 4.31 Å². The van der Waals surface area contributed by atoms with Crippen molar-refractivity contribution in [1.82, 2.24) is 4.31 Å². The van der Waals surface area contributed by atoms with Gasteiger partial charge in [0.2, 0.25) is 21.8 Å². The summed E-state index contributed by atoms with van der Waals surface area (Å²) in [5, 5.41) is 2.91. The van der Waals surface area contributed by atoms with Gasteiger partial charge in [-0.15, -0.1) is 0 Å². The van der Waals surface area contributed by atoms with E-state index < -0.39 is 10.0 Å². The molecule has 0 radical (unpaired) electrons. The Balaban J connectivity index is 1.57. The first-order valence-electron chi connectivity index (χ1n) is 10.6. The molecule has 0 bridgehead atoms. The second-order valence-electron chi connectivity index (χ2n) is 7.55. The van der Waals surface area contributed by atoms with Gasteiger partial charge in [-0.05, 0) is 54.3 Å². The van der Waals surface area contributed by atoms with E-state index in [0.29, 0.717) is 32.5 Å². The summed E-state index contributed by atoms with van der Waals surface area (Å²) in [5.74, 6) is -0.0901. The van der Waals surface area contributed by atoms with E-state index in [1.54, 1.807) is 36.1 Å². The highest BCUT2D eigenvalue weighted by molar-refractivity contribution is 7.89. The van der Waals surface area contributed by atoms with Crippen molar-refractivity contribution in [2.45, 2.75) is 44.9 Å². The van der Waals surface area contributed by atoms with Crippen molar-refractivity contribution in [1.29, 1.82) is 0 Å². The minimum absolute atomic E-state index is 0.0199. The van der Waals surface area contributed by atoms with Crippen LogP contribution in [0.3, 0.4) is 0 Å². The van der Waals surface area contributed by atoms with Crippen LogP contribution in [0.15, 0.2) is 47.4 Å². The Bertz CT molecular complexity index is 1060. The second kappa shape index (κ2) is 9.62. The molecule has 0 unspecified atom stereocenters. The topological polar surface area (TPSA) is 86.8 Å². The van der Waals surface area contributed by atoms with Crippen LogP contribution in [0.5, 0.6) is 0 Å². The fourth-order valence-electron chi connectivity index (χ4n) is 3.83. The van der Waals surface area contributed by atoms with Crippen LogP contribution in [0.4, 0.5) is 11.4 Å². The van der Waals surface area contributed by atoms with Crippen molar-refractivity contribution in [3.63, 3.8) is 0 Å². The van der Waals surface area contributed by atoms with Gasteiger partial charge in [0.15, 0.2) is 0 Å². The number of aryl methyl sites for hydroxylation is 1.